The van der Waals surface area contributed by atoms with Crippen molar-refractivity contribution in [2.75, 3.05) is 13.2 Å². The SMILES string of the molecule is CCOC(=O)c1[nH]cc(C)c1C(=O)OCC. The molecule has 0 aliphatic carbocycles. The Labute approximate surface area is 93.7 Å². The molecule has 5 nitrogen and oxygen atoms in total. The summed E-state index contributed by atoms with van der Waals surface area (Å²) in [5.74, 6) is -1.05. The average molecular weight is 225 g/mol. The minimum Gasteiger partial charge on any atom is -0.462 e. The van der Waals surface area contributed by atoms with Crippen LogP contribution in [-0.2, 0) is 9.47 Å². The Hall–Kier alpha value is -1.78. The van der Waals surface area contributed by atoms with Crippen molar-refractivity contribution in [1.29, 1.82) is 0 Å². The molecular formula is C11H15NO4. The van der Waals surface area contributed by atoms with Crippen LogP contribution in [0.1, 0.15) is 40.3 Å². The molecule has 0 spiro atoms. The lowest BCUT2D eigenvalue weighted by molar-refractivity contribution is 0.0475. The molecule has 1 rings (SSSR count). The number of carbonyl (C=O) groups is 2. The lowest BCUT2D eigenvalue weighted by atomic mass is 10.1. The van der Waals surface area contributed by atoms with E-state index in [2.05, 4.69) is 4.98 Å². The number of aromatic nitrogens is 1. The molecule has 0 saturated carbocycles. The first-order valence-electron chi connectivity index (χ1n) is 5.14. The van der Waals surface area contributed by atoms with Crippen LogP contribution in [0.5, 0.6) is 0 Å². The molecule has 88 valence electrons. The normalized spacial score (nSPS) is 9.94. The second kappa shape index (κ2) is 5.34. The van der Waals surface area contributed by atoms with Crippen molar-refractivity contribution in [3.63, 3.8) is 0 Å². The van der Waals surface area contributed by atoms with Crippen LogP contribution in [0, 0.1) is 6.92 Å². The van der Waals surface area contributed by atoms with Crippen molar-refractivity contribution in [1.82, 2.24) is 4.98 Å². The van der Waals surface area contributed by atoms with Gasteiger partial charge in [-0.1, -0.05) is 0 Å². The van der Waals surface area contributed by atoms with Gasteiger partial charge in [-0.15, -0.1) is 0 Å². The van der Waals surface area contributed by atoms with E-state index < -0.39 is 11.9 Å². The minimum atomic E-state index is -0.543. The highest BCUT2D eigenvalue weighted by molar-refractivity contribution is 6.03. The Morgan fingerprint density at radius 2 is 1.75 bits per heavy atom. The maximum atomic E-state index is 11.6. The summed E-state index contributed by atoms with van der Waals surface area (Å²) in [4.78, 5) is 25.9. The van der Waals surface area contributed by atoms with Crippen LogP contribution < -0.4 is 0 Å². The van der Waals surface area contributed by atoms with E-state index in [1.165, 1.54) is 0 Å². The van der Waals surface area contributed by atoms with Gasteiger partial charge in [-0.3, -0.25) is 0 Å². The second-order valence-corrected chi connectivity index (χ2v) is 3.16. The van der Waals surface area contributed by atoms with E-state index in [-0.39, 0.29) is 24.5 Å². The third-order valence-corrected chi connectivity index (χ3v) is 2.04. The fraction of sp³-hybridized carbons (Fsp3) is 0.455. The number of hydrogen-bond donors (Lipinski definition) is 1. The molecule has 1 aromatic rings. The Morgan fingerprint density at radius 1 is 1.19 bits per heavy atom. The molecule has 5 heteroatoms. The third-order valence-electron chi connectivity index (χ3n) is 2.04. The summed E-state index contributed by atoms with van der Waals surface area (Å²) in [6.07, 6.45) is 1.58. The van der Waals surface area contributed by atoms with Gasteiger partial charge in [-0.05, 0) is 26.3 Å². The summed E-state index contributed by atoms with van der Waals surface area (Å²) >= 11 is 0. The Bertz CT molecular complexity index is 395. The van der Waals surface area contributed by atoms with Gasteiger partial charge in [0, 0.05) is 6.20 Å². The number of carbonyl (C=O) groups excluding carboxylic acids is 2. The fourth-order valence-electron chi connectivity index (χ4n) is 1.35. The first kappa shape index (κ1) is 12.3. The average Bonchev–Trinajstić information content (AvgIpc) is 2.61. The topological polar surface area (TPSA) is 68.4 Å². The molecule has 16 heavy (non-hydrogen) atoms. The van der Waals surface area contributed by atoms with Gasteiger partial charge in [0.25, 0.3) is 0 Å². The molecule has 0 fully saturated rings. The zero-order chi connectivity index (χ0) is 12.1. The van der Waals surface area contributed by atoms with E-state index in [0.717, 1.165) is 0 Å². The molecule has 0 radical (unpaired) electrons. The predicted octanol–water partition coefficient (Wildman–Crippen LogP) is 1.68. The summed E-state index contributed by atoms with van der Waals surface area (Å²) in [7, 11) is 0. The maximum absolute atomic E-state index is 11.6. The van der Waals surface area contributed by atoms with Crippen molar-refractivity contribution < 1.29 is 19.1 Å². The van der Waals surface area contributed by atoms with Crippen LogP contribution in [0.3, 0.4) is 0 Å². The van der Waals surface area contributed by atoms with E-state index in [9.17, 15) is 9.59 Å². The summed E-state index contributed by atoms with van der Waals surface area (Å²) < 4.78 is 9.70. The monoisotopic (exact) mass is 225 g/mol. The van der Waals surface area contributed by atoms with Crippen molar-refractivity contribution in [3.05, 3.63) is 23.0 Å². The number of esters is 2. The van der Waals surface area contributed by atoms with Gasteiger partial charge < -0.3 is 14.5 Å². The molecule has 0 amide bonds. The van der Waals surface area contributed by atoms with Gasteiger partial charge in [-0.25, -0.2) is 9.59 Å². The smallest absolute Gasteiger partial charge is 0.355 e. The van der Waals surface area contributed by atoms with Crippen molar-refractivity contribution in [2.45, 2.75) is 20.8 Å². The van der Waals surface area contributed by atoms with Crippen molar-refractivity contribution in [2.24, 2.45) is 0 Å². The van der Waals surface area contributed by atoms with E-state index in [0.29, 0.717) is 5.56 Å². The zero-order valence-corrected chi connectivity index (χ0v) is 9.62. The van der Waals surface area contributed by atoms with Gasteiger partial charge in [0.15, 0.2) is 0 Å². The van der Waals surface area contributed by atoms with Gasteiger partial charge in [-0.2, -0.15) is 0 Å². The molecule has 0 bridgehead atoms. The van der Waals surface area contributed by atoms with E-state index in [1.807, 2.05) is 0 Å². The number of rotatable bonds is 4. The van der Waals surface area contributed by atoms with Gasteiger partial charge in [0.1, 0.15) is 5.69 Å². The van der Waals surface area contributed by atoms with Crippen LogP contribution in [0.15, 0.2) is 6.20 Å². The van der Waals surface area contributed by atoms with Crippen LogP contribution >= 0.6 is 0 Å². The molecule has 1 aromatic heterocycles. The highest BCUT2D eigenvalue weighted by atomic mass is 16.5. The van der Waals surface area contributed by atoms with Crippen LogP contribution in [-0.4, -0.2) is 30.1 Å². The van der Waals surface area contributed by atoms with E-state index >= 15 is 0 Å². The molecule has 0 aliphatic rings. The van der Waals surface area contributed by atoms with Gasteiger partial charge in [0.2, 0.25) is 0 Å². The summed E-state index contributed by atoms with van der Waals surface area (Å²) in [6, 6.07) is 0. The Balaban J connectivity index is 3.02. The molecular weight excluding hydrogens is 210 g/mol. The van der Waals surface area contributed by atoms with Crippen LogP contribution in [0.25, 0.3) is 0 Å². The number of nitrogens with one attached hydrogen (secondary N) is 1. The molecule has 0 unspecified atom stereocenters. The minimum absolute atomic E-state index is 0.151. The summed E-state index contributed by atoms with van der Waals surface area (Å²) in [5, 5.41) is 0. The third kappa shape index (κ3) is 2.42. The number of aryl methyl sites for hydroxylation is 1. The number of hydrogen-bond acceptors (Lipinski definition) is 4. The highest BCUT2D eigenvalue weighted by Gasteiger charge is 2.23. The van der Waals surface area contributed by atoms with Gasteiger partial charge >= 0.3 is 11.9 Å². The largest absolute Gasteiger partial charge is 0.462 e. The molecule has 1 heterocycles. The van der Waals surface area contributed by atoms with Gasteiger partial charge in [0.05, 0.1) is 18.8 Å². The van der Waals surface area contributed by atoms with Crippen LogP contribution in [0.4, 0.5) is 0 Å². The summed E-state index contributed by atoms with van der Waals surface area (Å²) in [6.45, 7) is 5.68. The maximum Gasteiger partial charge on any atom is 0.355 e. The van der Waals surface area contributed by atoms with E-state index in [1.54, 1.807) is 27.0 Å². The Kier molecular flexibility index (Phi) is 4.10. The number of aromatic amines is 1. The lowest BCUT2D eigenvalue weighted by Crippen LogP contribution is -2.13. The van der Waals surface area contributed by atoms with Crippen molar-refractivity contribution >= 4 is 11.9 Å². The highest BCUT2D eigenvalue weighted by Crippen LogP contribution is 2.15. The van der Waals surface area contributed by atoms with Crippen molar-refractivity contribution in [3.8, 4) is 0 Å². The molecule has 0 saturated heterocycles. The van der Waals surface area contributed by atoms with E-state index in [4.69, 9.17) is 9.47 Å². The predicted molar refractivity (Wildman–Crippen MR) is 57.4 cm³/mol. The second-order valence-electron chi connectivity index (χ2n) is 3.16. The zero-order valence-electron chi connectivity index (χ0n) is 9.62. The number of ether oxygens (including phenoxy) is 2. The first-order chi connectivity index (χ1) is 7.61. The summed E-state index contributed by atoms with van der Waals surface area (Å²) in [5.41, 5.74) is 1.07. The molecule has 1 N–H and O–H groups in total. The molecule has 0 atom stereocenters. The first-order valence-corrected chi connectivity index (χ1v) is 5.14. The molecule has 0 aromatic carbocycles. The quantitative estimate of drug-likeness (QED) is 0.791. The number of H-pyrrole nitrogens is 1. The standard InChI is InChI=1S/C11H15NO4/c1-4-15-10(13)8-7(3)6-12-9(8)11(14)16-5-2/h6,12H,4-5H2,1-3H3. The molecule has 0 aliphatic heterocycles. The van der Waals surface area contributed by atoms with Crippen LogP contribution in [0.2, 0.25) is 0 Å². The lowest BCUT2D eigenvalue weighted by Gasteiger charge is -2.04. The fourth-order valence-corrected chi connectivity index (χ4v) is 1.35. The Morgan fingerprint density at radius 3 is 2.31 bits per heavy atom.